The molecule has 1 atom stereocenters. The van der Waals surface area contributed by atoms with Gasteiger partial charge in [-0.15, -0.1) is 0 Å². The van der Waals surface area contributed by atoms with Crippen LogP contribution >= 0.6 is 11.6 Å². The first-order chi connectivity index (χ1) is 10.8. The molecule has 2 rings (SSSR count). The van der Waals surface area contributed by atoms with Gasteiger partial charge >= 0.3 is 6.03 Å². The highest BCUT2D eigenvalue weighted by Gasteiger charge is 2.50. The summed E-state index contributed by atoms with van der Waals surface area (Å²) in [5.74, 6) is -0.573. The summed E-state index contributed by atoms with van der Waals surface area (Å²) in [5.41, 5.74) is -0.765. The molecule has 0 radical (unpaired) electrons. The standard InChI is InChI=1S/C16H20ClN3O3/c1-10(2)8-18-13(21)9-20-14(22)16(3,19-15(20)23)11-6-4-5-7-12(11)17/h4-7,10H,8-9H2,1-3H3,(H,18,21)(H,19,23)/t16-/m0/s1. The number of amides is 4. The Bertz CT molecular complexity index is 647. The largest absolute Gasteiger partial charge is 0.354 e. The summed E-state index contributed by atoms with van der Waals surface area (Å²) in [6.07, 6.45) is 0. The number of carbonyl (C=O) groups excluding carboxylic acids is 3. The first-order valence-electron chi connectivity index (χ1n) is 7.41. The minimum absolute atomic E-state index is 0.287. The van der Waals surface area contributed by atoms with Crippen molar-refractivity contribution in [3.05, 3.63) is 34.9 Å². The first kappa shape index (κ1) is 17.3. The van der Waals surface area contributed by atoms with E-state index in [4.69, 9.17) is 11.6 Å². The number of imide groups is 1. The third-order valence-corrected chi connectivity index (χ3v) is 4.03. The second-order valence-electron chi connectivity index (χ2n) is 6.12. The topological polar surface area (TPSA) is 78.5 Å². The van der Waals surface area contributed by atoms with E-state index in [0.29, 0.717) is 17.1 Å². The Morgan fingerprint density at radius 1 is 1.35 bits per heavy atom. The van der Waals surface area contributed by atoms with Gasteiger partial charge in [0.2, 0.25) is 5.91 Å². The third-order valence-electron chi connectivity index (χ3n) is 3.70. The molecule has 0 spiro atoms. The van der Waals surface area contributed by atoms with Crippen LogP contribution in [0.15, 0.2) is 24.3 Å². The van der Waals surface area contributed by atoms with Crippen molar-refractivity contribution in [3.8, 4) is 0 Å². The van der Waals surface area contributed by atoms with E-state index < -0.39 is 17.5 Å². The SMILES string of the molecule is CC(C)CNC(=O)CN1C(=O)N[C@@](C)(c2ccccc2Cl)C1=O. The molecule has 0 bridgehead atoms. The Labute approximate surface area is 140 Å². The number of benzene rings is 1. The van der Waals surface area contributed by atoms with Gasteiger partial charge in [0.25, 0.3) is 5.91 Å². The van der Waals surface area contributed by atoms with Gasteiger partial charge < -0.3 is 10.6 Å². The van der Waals surface area contributed by atoms with Crippen LogP contribution in [0.5, 0.6) is 0 Å². The van der Waals surface area contributed by atoms with Gasteiger partial charge in [-0.25, -0.2) is 4.79 Å². The highest BCUT2D eigenvalue weighted by molar-refractivity contribution is 6.32. The lowest BCUT2D eigenvalue weighted by atomic mass is 9.92. The van der Waals surface area contributed by atoms with Crippen molar-refractivity contribution < 1.29 is 14.4 Å². The van der Waals surface area contributed by atoms with E-state index in [9.17, 15) is 14.4 Å². The molecule has 1 aliphatic heterocycles. The number of halogens is 1. The Morgan fingerprint density at radius 2 is 2.00 bits per heavy atom. The molecule has 0 aromatic heterocycles. The summed E-state index contributed by atoms with van der Waals surface area (Å²) >= 11 is 6.14. The van der Waals surface area contributed by atoms with Gasteiger partial charge in [0.15, 0.2) is 0 Å². The lowest BCUT2D eigenvalue weighted by Crippen LogP contribution is -2.43. The maximum atomic E-state index is 12.7. The van der Waals surface area contributed by atoms with E-state index >= 15 is 0 Å². The summed E-state index contributed by atoms with van der Waals surface area (Å²) in [4.78, 5) is 37.6. The Balaban J connectivity index is 2.17. The van der Waals surface area contributed by atoms with Crippen LogP contribution in [0.3, 0.4) is 0 Å². The summed E-state index contributed by atoms with van der Waals surface area (Å²) < 4.78 is 0. The lowest BCUT2D eigenvalue weighted by molar-refractivity contribution is -0.134. The predicted molar refractivity (Wildman–Crippen MR) is 86.9 cm³/mol. The zero-order valence-electron chi connectivity index (χ0n) is 13.4. The van der Waals surface area contributed by atoms with Crippen molar-refractivity contribution in [2.75, 3.05) is 13.1 Å². The van der Waals surface area contributed by atoms with Crippen molar-refractivity contribution in [2.45, 2.75) is 26.3 Å². The quantitative estimate of drug-likeness (QED) is 0.805. The molecule has 1 aromatic carbocycles. The van der Waals surface area contributed by atoms with Crippen LogP contribution in [0, 0.1) is 5.92 Å². The molecule has 23 heavy (non-hydrogen) atoms. The van der Waals surface area contributed by atoms with E-state index in [-0.39, 0.29) is 18.4 Å². The van der Waals surface area contributed by atoms with Crippen LogP contribution < -0.4 is 10.6 Å². The fraction of sp³-hybridized carbons (Fsp3) is 0.438. The van der Waals surface area contributed by atoms with Crippen molar-refractivity contribution >= 4 is 29.4 Å². The minimum Gasteiger partial charge on any atom is -0.354 e. The minimum atomic E-state index is -1.27. The van der Waals surface area contributed by atoms with Crippen molar-refractivity contribution in [1.29, 1.82) is 0 Å². The van der Waals surface area contributed by atoms with Crippen molar-refractivity contribution in [3.63, 3.8) is 0 Å². The average molecular weight is 338 g/mol. The molecule has 1 aromatic rings. The van der Waals surface area contributed by atoms with Crippen LogP contribution in [0.25, 0.3) is 0 Å². The Kier molecular flexibility index (Phi) is 4.94. The maximum absolute atomic E-state index is 12.7. The monoisotopic (exact) mass is 337 g/mol. The van der Waals surface area contributed by atoms with Gasteiger partial charge in [0.05, 0.1) is 0 Å². The van der Waals surface area contributed by atoms with E-state index in [0.717, 1.165) is 4.90 Å². The van der Waals surface area contributed by atoms with E-state index in [1.165, 1.54) is 0 Å². The fourth-order valence-electron chi connectivity index (χ4n) is 2.41. The van der Waals surface area contributed by atoms with Gasteiger partial charge in [-0.3, -0.25) is 14.5 Å². The zero-order chi connectivity index (χ0) is 17.2. The number of urea groups is 1. The number of nitrogens with zero attached hydrogens (tertiary/aromatic N) is 1. The maximum Gasteiger partial charge on any atom is 0.325 e. The van der Waals surface area contributed by atoms with Crippen LogP contribution in [0.2, 0.25) is 5.02 Å². The highest BCUT2D eigenvalue weighted by atomic mass is 35.5. The van der Waals surface area contributed by atoms with Gasteiger partial charge in [0.1, 0.15) is 12.1 Å². The number of hydrogen-bond donors (Lipinski definition) is 2. The molecule has 0 saturated carbocycles. The molecule has 124 valence electrons. The van der Waals surface area contributed by atoms with Gasteiger partial charge in [-0.05, 0) is 18.9 Å². The molecular weight excluding hydrogens is 318 g/mol. The predicted octanol–water partition coefficient (Wildman–Crippen LogP) is 1.88. The summed E-state index contributed by atoms with van der Waals surface area (Å²) in [6, 6.07) is 6.22. The molecule has 7 heteroatoms. The Hall–Kier alpha value is -2.08. The second kappa shape index (κ2) is 6.58. The van der Waals surface area contributed by atoms with Gasteiger partial charge in [-0.2, -0.15) is 0 Å². The van der Waals surface area contributed by atoms with Gasteiger partial charge in [-0.1, -0.05) is 43.6 Å². The molecule has 0 unspecified atom stereocenters. The summed E-state index contributed by atoms with van der Waals surface area (Å²) in [7, 11) is 0. The van der Waals surface area contributed by atoms with E-state index in [1.54, 1.807) is 31.2 Å². The van der Waals surface area contributed by atoms with Gasteiger partial charge in [0, 0.05) is 17.1 Å². The van der Waals surface area contributed by atoms with Crippen LogP contribution in [-0.4, -0.2) is 35.8 Å². The zero-order valence-corrected chi connectivity index (χ0v) is 14.1. The molecule has 1 heterocycles. The normalized spacial score (nSPS) is 20.8. The molecule has 1 aliphatic rings. The fourth-order valence-corrected chi connectivity index (χ4v) is 2.73. The van der Waals surface area contributed by atoms with Crippen molar-refractivity contribution in [2.24, 2.45) is 5.92 Å². The van der Waals surface area contributed by atoms with Crippen molar-refractivity contribution in [1.82, 2.24) is 15.5 Å². The number of carbonyl (C=O) groups is 3. The first-order valence-corrected chi connectivity index (χ1v) is 7.79. The number of hydrogen-bond acceptors (Lipinski definition) is 3. The third kappa shape index (κ3) is 3.47. The molecular formula is C16H20ClN3O3. The Morgan fingerprint density at radius 3 is 2.61 bits per heavy atom. The number of nitrogens with one attached hydrogen (secondary N) is 2. The molecule has 4 amide bonds. The lowest BCUT2D eigenvalue weighted by Gasteiger charge is -2.23. The van der Waals surface area contributed by atoms with Crippen LogP contribution in [0.1, 0.15) is 26.3 Å². The second-order valence-corrected chi connectivity index (χ2v) is 6.53. The molecule has 1 fully saturated rings. The molecule has 1 saturated heterocycles. The van der Waals surface area contributed by atoms with Crippen LogP contribution in [-0.2, 0) is 15.1 Å². The van der Waals surface area contributed by atoms with E-state index in [2.05, 4.69) is 10.6 Å². The molecule has 0 aliphatic carbocycles. The average Bonchev–Trinajstić information content (AvgIpc) is 2.70. The summed E-state index contributed by atoms with van der Waals surface area (Å²) in [5, 5.41) is 5.70. The van der Waals surface area contributed by atoms with Crippen LogP contribution in [0.4, 0.5) is 4.79 Å². The number of rotatable bonds is 5. The molecule has 6 nitrogen and oxygen atoms in total. The van der Waals surface area contributed by atoms with E-state index in [1.807, 2.05) is 13.8 Å². The highest BCUT2D eigenvalue weighted by Crippen LogP contribution is 2.33. The molecule has 2 N–H and O–H groups in total. The smallest absolute Gasteiger partial charge is 0.325 e. The summed E-state index contributed by atoms with van der Waals surface area (Å²) in [6.45, 7) is 5.69.